The number of aromatic amines is 1. The average molecular weight is 440 g/mol. The van der Waals surface area contributed by atoms with Crippen molar-refractivity contribution in [3.63, 3.8) is 0 Å². The van der Waals surface area contributed by atoms with Gasteiger partial charge in [-0.2, -0.15) is 4.98 Å². The number of fused-ring (bicyclic) bond motifs is 2. The van der Waals surface area contributed by atoms with Crippen LogP contribution >= 0.6 is 0 Å². The van der Waals surface area contributed by atoms with Crippen molar-refractivity contribution >= 4 is 28.5 Å². The first-order chi connectivity index (χ1) is 16.2. The first-order valence-electron chi connectivity index (χ1n) is 11.9. The Morgan fingerprint density at radius 2 is 1.79 bits per heavy atom. The average Bonchev–Trinajstić information content (AvgIpc) is 3.28. The summed E-state index contributed by atoms with van der Waals surface area (Å²) in [5.41, 5.74) is 7.17. The second-order valence-electron chi connectivity index (χ2n) is 9.17. The van der Waals surface area contributed by atoms with Gasteiger partial charge in [0.2, 0.25) is 5.95 Å². The summed E-state index contributed by atoms with van der Waals surface area (Å²) < 4.78 is 0. The molecule has 0 atom stereocenters. The highest BCUT2D eigenvalue weighted by Crippen LogP contribution is 2.32. The molecule has 6 rings (SSSR count). The lowest BCUT2D eigenvalue weighted by Crippen LogP contribution is -2.44. The molecular weight excluding hydrogens is 410 g/mol. The maximum Gasteiger partial charge on any atom is 0.229 e. The van der Waals surface area contributed by atoms with Gasteiger partial charge in [-0.25, -0.2) is 9.97 Å². The van der Waals surface area contributed by atoms with Gasteiger partial charge in [-0.3, -0.25) is 0 Å². The van der Waals surface area contributed by atoms with E-state index < -0.39 is 0 Å². The molecule has 0 bridgehead atoms. The van der Waals surface area contributed by atoms with E-state index in [2.05, 4.69) is 61.4 Å². The Bertz CT molecular complexity index is 1290. The lowest BCUT2D eigenvalue weighted by atomic mass is 9.89. The van der Waals surface area contributed by atoms with Crippen molar-refractivity contribution in [1.29, 1.82) is 0 Å². The van der Waals surface area contributed by atoms with Gasteiger partial charge in [0.1, 0.15) is 11.5 Å². The molecule has 33 heavy (non-hydrogen) atoms. The summed E-state index contributed by atoms with van der Waals surface area (Å²) in [7, 11) is 2.16. The third kappa shape index (κ3) is 4.04. The maximum atomic E-state index is 4.74. The number of nitrogens with one attached hydrogen (secondary N) is 2. The molecule has 7 nitrogen and oxygen atoms in total. The molecule has 4 aromatic rings. The molecular formula is C26H29N7. The van der Waals surface area contributed by atoms with Crippen LogP contribution in [0.3, 0.4) is 0 Å². The number of hydrogen-bond donors (Lipinski definition) is 2. The highest BCUT2D eigenvalue weighted by molar-refractivity contribution is 5.93. The Kier molecular flexibility index (Phi) is 5.19. The Hall–Kier alpha value is -3.45. The Morgan fingerprint density at radius 1 is 0.939 bits per heavy atom. The predicted molar refractivity (Wildman–Crippen MR) is 133 cm³/mol. The zero-order valence-corrected chi connectivity index (χ0v) is 19.0. The van der Waals surface area contributed by atoms with Crippen molar-refractivity contribution in [1.82, 2.24) is 24.8 Å². The van der Waals surface area contributed by atoms with Gasteiger partial charge in [0.25, 0.3) is 0 Å². The number of pyridine rings is 1. The highest BCUT2D eigenvalue weighted by Gasteiger charge is 2.16. The second kappa shape index (κ2) is 8.48. The quantitative estimate of drug-likeness (QED) is 0.491. The summed E-state index contributed by atoms with van der Waals surface area (Å²) in [6.45, 7) is 4.09. The van der Waals surface area contributed by atoms with Gasteiger partial charge in [0, 0.05) is 67.5 Å². The molecule has 1 fully saturated rings. The van der Waals surface area contributed by atoms with Gasteiger partial charge < -0.3 is 20.1 Å². The molecule has 4 heterocycles. The second-order valence-corrected chi connectivity index (χ2v) is 9.17. The van der Waals surface area contributed by atoms with Crippen molar-refractivity contribution in [2.24, 2.45) is 0 Å². The molecule has 168 valence electrons. The van der Waals surface area contributed by atoms with Crippen LogP contribution in [0.5, 0.6) is 0 Å². The molecule has 0 spiro atoms. The van der Waals surface area contributed by atoms with E-state index in [9.17, 15) is 0 Å². The fourth-order valence-corrected chi connectivity index (χ4v) is 4.94. The molecule has 1 saturated heterocycles. The summed E-state index contributed by atoms with van der Waals surface area (Å²) >= 11 is 0. The van der Waals surface area contributed by atoms with E-state index in [1.807, 2.05) is 24.7 Å². The molecule has 0 amide bonds. The van der Waals surface area contributed by atoms with Crippen molar-refractivity contribution in [3.05, 3.63) is 60.0 Å². The number of H-pyrrole nitrogens is 1. The number of piperazine rings is 1. The van der Waals surface area contributed by atoms with Crippen LogP contribution in [0.15, 0.2) is 48.9 Å². The normalized spacial score (nSPS) is 16.7. The molecule has 3 aromatic heterocycles. The fraction of sp³-hybridized carbons (Fsp3) is 0.346. The fourth-order valence-electron chi connectivity index (χ4n) is 4.94. The van der Waals surface area contributed by atoms with E-state index in [0.29, 0.717) is 5.95 Å². The molecule has 1 aliphatic carbocycles. The number of nitrogens with zero attached hydrogens (tertiary/aromatic N) is 5. The van der Waals surface area contributed by atoms with E-state index in [-0.39, 0.29) is 0 Å². The maximum absolute atomic E-state index is 4.74. The first-order valence-corrected chi connectivity index (χ1v) is 11.9. The lowest BCUT2D eigenvalue weighted by Gasteiger charge is -2.33. The number of benzene rings is 1. The van der Waals surface area contributed by atoms with Gasteiger partial charge in [0.15, 0.2) is 0 Å². The molecule has 2 aliphatic rings. The molecule has 2 N–H and O–H groups in total. The third-order valence-corrected chi connectivity index (χ3v) is 6.92. The smallest absolute Gasteiger partial charge is 0.229 e. The standard InChI is InChI=1S/C26H29N7/c1-32-10-12-33(13-11-32)24-15-21(8-9-27-24)30-26-29-17-23-22(16-28-25(23)31-26)20-7-6-18-4-2-3-5-19(18)14-20/h6-9,14-17H,2-5,10-13H2,1H3,(H2,27,28,29,30,31). The Labute approximate surface area is 193 Å². The summed E-state index contributed by atoms with van der Waals surface area (Å²) in [6, 6.07) is 10.9. The highest BCUT2D eigenvalue weighted by atomic mass is 15.3. The SMILES string of the molecule is CN1CCN(c2cc(Nc3ncc4c(-c5ccc6c(c5)CCCC6)c[nH]c4n3)ccn2)CC1. The molecule has 0 radical (unpaired) electrons. The van der Waals surface area contributed by atoms with Gasteiger partial charge in [-0.05, 0) is 55.5 Å². The number of rotatable bonds is 4. The van der Waals surface area contributed by atoms with Crippen LogP contribution < -0.4 is 10.2 Å². The van der Waals surface area contributed by atoms with Gasteiger partial charge in [-0.15, -0.1) is 0 Å². The number of aromatic nitrogens is 4. The third-order valence-electron chi connectivity index (χ3n) is 6.92. The van der Waals surface area contributed by atoms with E-state index in [0.717, 1.165) is 54.3 Å². The zero-order valence-electron chi connectivity index (χ0n) is 19.0. The zero-order chi connectivity index (χ0) is 22.2. The number of aryl methyl sites for hydroxylation is 2. The van der Waals surface area contributed by atoms with Gasteiger partial charge in [-0.1, -0.05) is 18.2 Å². The van der Waals surface area contributed by atoms with Crippen LogP contribution in [-0.2, 0) is 12.8 Å². The summed E-state index contributed by atoms with van der Waals surface area (Å²) in [5.74, 6) is 1.57. The van der Waals surface area contributed by atoms with Crippen LogP contribution in [0.4, 0.5) is 17.5 Å². The summed E-state index contributed by atoms with van der Waals surface area (Å²) in [6.07, 6.45) is 10.8. The minimum atomic E-state index is 0.580. The van der Waals surface area contributed by atoms with Crippen molar-refractivity contribution in [3.8, 4) is 11.1 Å². The minimum Gasteiger partial charge on any atom is -0.354 e. The predicted octanol–water partition coefficient (Wildman–Crippen LogP) is 4.39. The van der Waals surface area contributed by atoms with E-state index in [1.54, 1.807) is 0 Å². The van der Waals surface area contributed by atoms with Crippen LogP contribution in [-0.4, -0.2) is 58.1 Å². The van der Waals surface area contributed by atoms with Crippen molar-refractivity contribution in [2.45, 2.75) is 25.7 Å². The van der Waals surface area contributed by atoms with E-state index in [1.165, 1.54) is 42.4 Å². The number of likely N-dealkylation sites (N-methyl/N-ethyl adjacent to an activating group) is 1. The number of hydrogen-bond acceptors (Lipinski definition) is 6. The first kappa shape index (κ1) is 20.2. The van der Waals surface area contributed by atoms with E-state index >= 15 is 0 Å². The summed E-state index contributed by atoms with van der Waals surface area (Å²) in [5, 5.41) is 4.40. The Balaban J connectivity index is 1.24. The van der Waals surface area contributed by atoms with E-state index in [4.69, 9.17) is 4.98 Å². The molecule has 0 unspecified atom stereocenters. The monoisotopic (exact) mass is 439 g/mol. The van der Waals surface area contributed by atoms with Gasteiger partial charge >= 0.3 is 0 Å². The molecule has 7 heteroatoms. The van der Waals surface area contributed by atoms with Crippen LogP contribution in [0, 0.1) is 0 Å². The summed E-state index contributed by atoms with van der Waals surface area (Å²) in [4.78, 5) is 21.9. The molecule has 1 aromatic carbocycles. The topological polar surface area (TPSA) is 73.0 Å². The largest absolute Gasteiger partial charge is 0.354 e. The van der Waals surface area contributed by atoms with Crippen LogP contribution in [0.1, 0.15) is 24.0 Å². The Morgan fingerprint density at radius 3 is 2.67 bits per heavy atom. The van der Waals surface area contributed by atoms with Crippen LogP contribution in [0.2, 0.25) is 0 Å². The number of anilines is 3. The lowest BCUT2D eigenvalue weighted by molar-refractivity contribution is 0.312. The van der Waals surface area contributed by atoms with Crippen LogP contribution in [0.25, 0.3) is 22.2 Å². The minimum absolute atomic E-state index is 0.580. The van der Waals surface area contributed by atoms with Gasteiger partial charge in [0.05, 0.1) is 0 Å². The molecule has 1 aliphatic heterocycles. The van der Waals surface area contributed by atoms with Crippen molar-refractivity contribution < 1.29 is 0 Å². The molecule has 0 saturated carbocycles. The van der Waals surface area contributed by atoms with Crippen molar-refractivity contribution in [2.75, 3.05) is 43.4 Å².